The summed E-state index contributed by atoms with van der Waals surface area (Å²) < 4.78 is 10.8. The van der Waals surface area contributed by atoms with Crippen LogP contribution in [0.5, 0.6) is 11.8 Å². The van der Waals surface area contributed by atoms with Gasteiger partial charge in [0.1, 0.15) is 5.75 Å². The fraction of sp³-hybridized carbons (Fsp3) is 0.150. The van der Waals surface area contributed by atoms with Gasteiger partial charge < -0.3 is 4.74 Å². The average molecular weight is 476 g/mol. The van der Waals surface area contributed by atoms with E-state index in [1.807, 2.05) is 18.2 Å². The van der Waals surface area contributed by atoms with Gasteiger partial charge >= 0.3 is 11.7 Å². The molecule has 0 spiro atoms. The number of nitrogens with zero attached hydrogens (tertiary/aromatic N) is 4. The first-order valence-corrected chi connectivity index (χ1v) is 9.87. The maximum Gasteiger partial charge on any atom is 0.332 e. The molecule has 0 aliphatic rings. The van der Waals surface area contributed by atoms with Crippen LogP contribution in [0.2, 0.25) is 5.02 Å². The van der Waals surface area contributed by atoms with Gasteiger partial charge in [0.05, 0.1) is 6.54 Å². The van der Waals surface area contributed by atoms with Gasteiger partial charge in [-0.05, 0) is 35.9 Å². The number of imidazole rings is 1. The van der Waals surface area contributed by atoms with Crippen molar-refractivity contribution in [2.45, 2.75) is 6.54 Å². The molecule has 2 aromatic heterocycles. The van der Waals surface area contributed by atoms with Crippen molar-refractivity contribution in [3.05, 3.63) is 84.4 Å². The van der Waals surface area contributed by atoms with Crippen LogP contribution >= 0.6 is 27.5 Å². The Kier molecular flexibility index (Phi) is 5.06. The van der Waals surface area contributed by atoms with Crippen LogP contribution in [-0.4, -0.2) is 18.7 Å². The van der Waals surface area contributed by atoms with Crippen molar-refractivity contribution in [1.29, 1.82) is 0 Å². The zero-order valence-corrected chi connectivity index (χ0v) is 17.9. The average Bonchev–Trinajstić information content (AvgIpc) is 3.03. The van der Waals surface area contributed by atoms with E-state index in [0.29, 0.717) is 16.3 Å². The third-order valence-electron chi connectivity index (χ3n) is 4.63. The highest BCUT2D eigenvalue weighted by Crippen LogP contribution is 2.24. The Balaban J connectivity index is 1.85. The third kappa shape index (κ3) is 3.49. The molecule has 0 unspecified atom stereocenters. The van der Waals surface area contributed by atoms with Crippen LogP contribution in [-0.2, 0) is 20.6 Å². The summed E-state index contributed by atoms with van der Waals surface area (Å²) in [4.78, 5) is 30.3. The molecule has 7 nitrogen and oxygen atoms in total. The van der Waals surface area contributed by atoms with Gasteiger partial charge in [0.2, 0.25) is 0 Å². The lowest BCUT2D eigenvalue weighted by molar-refractivity contribution is 0.427. The van der Waals surface area contributed by atoms with Crippen molar-refractivity contribution in [3.8, 4) is 11.8 Å². The van der Waals surface area contributed by atoms with Gasteiger partial charge in [0.15, 0.2) is 11.2 Å². The van der Waals surface area contributed by atoms with E-state index in [4.69, 9.17) is 16.3 Å². The third-order valence-corrected chi connectivity index (χ3v) is 5.53. The second kappa shape index (κ2) is 7.53. The fourth-order valence-electron chi connectivity index (χ4n) is 3.06. The van der Waals surface area contributed by atoms with Gasteiger partial charge in [-0.3, -0.25) is 18.5 Å². The zero-order valence-electron chi connectivity index (χ0n) is 15.6. The molecule has 9 heteroatoms. The predicted octanol–water partition coefficient (Wildman–Crippen LogP) is 3.69. The summed E-state index contributed by atoms with van der Waals surface area (Å²) in [5, 5.41) is 0.491. The van der Waals surface area contributed by atoms with E-state index in [1.165, 1.54) is 4.57 Å². The molecule has 29 heavy (non-hydrogen) atoms. The first-order chi connectivity index (χ1) is 13.9. The first kappa shape index (κ1) is 19.5. The Hall–Kier alpha value is -2.84. The lowest BCUT2D eigenvalue weighted by Crippen LogP contribution is -2.39. The SMILES string of the molecule is Cn1c(Oc2ccc(Br)cc2)nc2c1c(=O)n(Cc1ccccc1Cl)c(=O)n2C. The summed E-state index contributed by atoms with van der Waals surface area (Å²) in [6.45, 7) is 0.0647. The van der Waals surface area contributed by atoms with E-state index >= 15 is 0 Å². The van der Waals surface area contributed by atoms with E-state index in [-0.39, 0.29) is 23.7 Å². The van der Waals surface area contributed by atoms with Crippen molar-refractivity contribution in [2.75, 3.05) is 0 Å². The number of hydrogen-bond acceptors (Lipinski definition) is 4. The molecule has 0 saturated carbocycles. The maximum absolute atomic E-state index is 13.1. The van der Waals surface area contributed by atoms with Crippen LogP contribution < -0.4 is 16.0 Å². The maximum atomic E-state index is 13.1. The van der Waals surface area contributed by atoms with Crippen molar-refractivity contribution in [3.63, 3.8) is 0 Å². The normalized spacial score (nSPS) is 11.2. The highest BCUT2D eigenvalue weighted by molar-refractivity contribution is 9.10. The van der Waals surface area contributed by atoms with Crippen LogP contribution in [0.3, 0.4) is 0 Å². The van der Waals surface area contributed by atoms with E-state index in [9.17, 15) is 9.59 Å². The number of aryl methyl sites for hydroxylation is 2. The highest BCUT2D eigenvalue weighted by atomic mass is 79.9. The Morgan fingerprint density at radius 1 is 1.03 bits per heavy atom. The molecule has 0 aliphatic carbocycles. The van der Waals surface area contributed by atoms with E-state index in [1.54, 1.807) is 49.0 Å². The molecule has 4 rings (SSSR count). The Morgan fingerprint density at radius 2 is 1.72 bits per heavy atom. The molecule has 0 radical (unpaired) electrons. The monoisotopic (exact) mass is 474 g/mol. The number of halogens is 2. The Bertz CT molecular complexity index is 1340. The second-order valence-electron chi connectivity index (χ2n) is 6.51. The van der Waals surface area contributed by atoms with Gasteiger partial charge in [0, 0.05) is 23.6 Å². The minimum absolute atomic E-state index is 0.0647. The fourth-order valence-corrected chi connectivity index (χ4v) is 3.52. The Labute approximate surface area is 178 Å². The smallest absolute Gasteiger partial charge is 0.332 e. The number of hydrogen-bond donors (Lipinski definition) is 0. The minimum atomic E-state index is -0.476. The molecule has 0 amide bonds. The highest BCUT2D eigenvalue weighted by Gasteiger charge is 2.20. The summed E-state index contributed by atoms with van der Waals surface area (Å²) in [5.41, 5.74) is 0.275. The number of rotatable bonds is 4. The zero-order chi connectivity index (χ0) is 20.7. The summed E-state index contributed by atoms with van der Waals surface area (Å²) in [6.07, 6.45) is 0. The Morgan fingerprint density at radius 3 is 2.41 bits per heavy atom. The van der Waals surface area contributed by atoms with Gasteiger partial charge in [0.25, 0.3) is 5.56 Å². The lowest BCUT2D eigenvalue weighted by atomic mass is 10.2. The summed E-state index contributed by atoms with van der Waals surface area (Å²) in [6, 6.07) is 14.5. The van der Waals surface area contributed by atoms with Crippen LogP contribution in [0, 0.1) is 0 Å². The van der Waals surface area contributed by atoms with Crippen molar-refractivity contribution < 1.29 is 4.74 Å². The summed E-state index contributed by atoms with van der Waals surface area (Å²) in [5.74, 6) is 0.563. The van der Waals surface area contributed by atoms with Gasteiger partial charge in [-0.2, -0.15) is 4.98 Å². The van der Waals surface area contributed by atoms with Crippen molar-refractivity contribution >= 4 is 38.7 Å². The number of fused-ring (bicyclic) bond motifs is 1. The molecule has 0 saturated heterocycles. The molecule has 0 atom stereocenters. The predicted molar refractivity (Wildman–Crippen MR) is 115 cm³/mol. The molecular weight excluding hydrogens is 460 g/mol. The van der Waals surface area contributed by atoms with Gasteiger partial charge in [-0.25, -0.2) is 4.79 Å². The number of benzene rings is 2. The standard InChI is InChI=1S/C20H16BrClN4O3/c1-24-16-17(23-19(24)29-14-9-7-13(21)8-10-14)25(2)20(28)26(18(16)27)11-12-5-3-4-6-15(12)22/h3-10H,11H2,1-2H3. The molecular formula is C20H16BrClN4O3. The second-order valence-corrected chi connectivity index (χ2v) is 7.83. The molecule has 0 aliphatic heterocycles. The van der Waals surface area contributed by atoms with E-state index in [0.717, 1.165) is 9.04 Å². The van der Waals surface area contributed by atoms with E-state index < -0.39 is 11.2 Å². The van der Waals surface area contributed by atoms with Gasteiger partial charge in [-0.1, -0.05) is 45.7 Å². The van der Waals surface area contributed by atoms with Gasteiger partial charge in [-0.15, -0.1) is 0 Å². The summed E-state index contributed by atoms with van der Waals surface area (Å²) in [7, 11) is 3.25. The number of aromatic nitrogens is 4. The van der Waals surface area contributed by atoms with Crippen molar-refractivity contribution in [1.82, 2.24) is 18.7 Å². The molecule has 4 aromatic rings. The van der Waals surface area contributed by atoms with Crippen LogP contribution in [0.25, 0.3) is 11.2 Å². The molecule has 2 aromatic carbocycles. The van der Waals surface area contributed by atoms with Crippen LogP contribution in [0.1, 0.15) is 5.56 Å². The summed E-state index contributed by atoms with van der Waals surface area (Å²) >= 11 is 9.58. The molecule has 148 valence electrons. The molecule has 0 N–H and O–H groups in total. The molecule has 0 bridgehead atoms. The van der Waals surface area contributed by atoms with Crippen LogP contribution in [0.15, 0.2) is 62.6 Å². The van der Waals surface area contributed by atoms with E-state index in [2.05, 4.69) is 20.9 Å². The molecule has 2 heterocycles. The lowest BCUT2D eigenvalue weighted by Gasteiger charge is -2.09. The first-order valence-electron chi connectivity index (χ1n) is 8.70. The van der Waals surface area contributed by atoms with Crippen LogP contribution in [0.4, 0.5) is 0 Å². The quantitative estimate of drug-likeness (QED) is 0.451. The van der Waals surface area contributed by atoms with Crippen molar-refractivity contribution in [2.24, 2.45) is 14.1 Å². The minimum Gasteiger partial charge on any atom is -0.425 e. The topological polar surface area (TPSA) is 71.1 Å². The number of ether oxygens (including phenoxy) is 1. The molecule has 0 fully saturated rings. The largest absolute Gasteiger partial charge is 0.425 e.